The summed E-state index contributed by atoms with van der Waals surface area (Å²) >= 11 is 0. The maximum atomic E-state index is 13.2. The Morgan fingerprint density at radius 1 is 1.07 bits per heavy atom. The van der Waals surface area contributed by atoms with E-state index in [2.05, 4.69) is 10.3 Å². The number of piperidine rings is 1. The van der Waals surface area contributed by atoms with Crippen LogP contribution >= 0.6 is 0 Å². The molecule has 1 aromatic heterocycles. The number of hydrogen-bond donors (Lipinski definition) is 1. The van der Waals surface area contributed by atoms with Gasteiger partial charge in [0.25, 0.3) is 5.91 Å². The third-order valence-electron chi connectivity index (χ3n) is 5.24. The molecule has 1 amide bonds. The first-order valence-electron chi connectivity index (χ1n) is 9.84. The van der Waals surface area contributed by atoms with Crippen LogP contribution in [0.3, 0.4) is 0 Å². The van der Waals surface area contributed by atoms with Gasteiger partial charge in [0.2, 0.25) is 10.0 Å². The fourth-order valence-electron chi connectivity index (χ4n) is 3.70. The first-order chi connectivity index (χ1) is 14.5. The molecule has 3 aromatic rings. The molecule has 1 N–H and O–H groups in total. The molecule has 8 heteroatoms. The number of pyridine rings is 1. The van der Waals surface area contributed by atoms with Crippen LogP contribution in [0.25, 0.3) is 10.9 Å². The second kappa shape index (κ2) is 8.41. The van der Waals surface area contributed by atoms with Crippen molar-refractivity contribution in [3.8, 4) is 5.75 Å². The molecule has 0 radical (unpaired) electrons. The van der Waals surface area contributed by atoms with Crippen molar-refractivity contribution in [1.29, 1.82) is 0 Å². The van der Waals surface area contributed by atoms with Crippen molar-refractivity contribution in [2.75, 3.05) is 25.5 Å². The molecule has 4 rings (SSSR count). The molecule has 30 heavy (non-hydrogen) atoms. The van der Waals surface area contributed by atoms with Crippen molar-refractivity contribution in [1.82, 2.24) is 9.29 Å². The number of carbonyl (C=O) groups excluding carboxylic acids is 1. The van der Waals surface area contributed by atoms with Crippen LogP contribution in [0.4, 0.5) is 5.69 Å². The van der Waals surface area contributed by atoms with Crippen LogP contribution in [0.15, 0.2) is 59.6 Å². The van der Waals surface area contributed by atoms with Crippen molar-refractivity contribution in [2.45, 2.75) is 24.2 Å². The number of nitrogens with one attached hydrogen (secondary N) is 1. The number of methoxy groups -OCH3 is 1. The molecule has 1 saturated heterocycles. The molecule has 0 aliphatic carbocycles. The van der Waals surface area contributed by atoms with E-state index in [1.807, 2.05) is 12.1 Å². The maximum Gasteiger partial charge on any atom is 0.256 e. The lowest BCUT2D eigenvalue weighted by Crippen LogP contribution is -2.35. The highest BCUT2D eigenvalue weighted by atomic mass is 32.2. The van der Waals surface area contributed by atoms with Gasteiger partial charge in [-0.2, -0.15) is 4.31 Å². The van der Waals surface area contributed by atoms with Gasteiger partial charge in [0.1, 0.15) is 10.6 Å². The van der Waals surface area contributed by atoms with E-state index in [1.165, 1.54) is 17.5 Å². The number of sulfonamides is 1. The van der Waals surface area contributed by atoms with Gasteiger partial charge in [0, 0.05) is 35.9 Å². The monoisotopic (exact) mass is 425 g/mol. The number of aromatic nitrogens is 1. The number of amides is 1. The summed E-state index contributed by atoms with van der Waals surface area (Å²) < 4.78 is 33.1. The molecule has 7 nitrogen and oxygen atoms in total. The van der Waals surface area contributed by atoms with Crippen molar-refractivity contribution < 1.29 is 17.9 Å². The standard InChI is InChI=1S/C22H23N3O4S/c1-29-20-11-10-16(15-21(20)30(27,28)25-13-3-2-4-14-25)24-22(26)18-7-5-9-19-17(18)8-6-12-23-19/h5-12,15H,2-4,13-14H2,1H3,(H,24,26). The summed E-state index contributed by atoms with van der Waals surface area (Å²) in [5, 5.41) is 3.54. The summed E-state index contributed by atoms with van der Waals surface area (Å²) in [4.78, 5) is 17.2. The number of hydrogen-bond acceptors (Lipinski definition) is 5. The third kappa shape index (κ3) is 3.88. The van der Waals surface area contributed by atoms with E-state index in [-0.39, 0.29) is 16.6 Å². The van der Waals surface area contributed by atoms with Gasteiger partial charge in [-0.3, -0.25) is 9.78 Å². The first-order valence-corrected chi connectivity index (χ1v) is 11.3. The second-order valence-electron chi connectivity index (χ2n) is 7.16. The normalized spacial score (nSPS) is 15.1. The first kappa shape index (κ1) is 20.3. The zero-order chi connectivity index (χ0) is 21.1. The largest absolute Gasteiger partial charge is 0.495 e. The summed E-state index contributed by atoms with van der Waals surface area (Å²) in [6, 6.07) is 13.6. The van der Waals surface area contributed by atoms with Crippen molar-refractivity contribution in [3.63, 3.8) is 0 Å². The molecule has 1 fully saturated rings. The van der Waals surface area contributed by atoms with Crippen molar-refractivity contribution in [3.05, 3.63) is 60.3 Å². The molecule has 0 unspecified atom stereocenters. The Morgan fingerprint density at radius 3 is 2.63 bits per heavy atom. The van der Waals surface area contributed by atoms with E-state index >= 15 is 0 Å². The molecule has 0 saturated carbocycles. The number of benzene rings is 2. The van der Waals surface area contributed by atoms with Gasteiger partial charge < -0.3 is 10.1 Å². The Kier molecular flexibility index (Phi) is 5.69. The summed E-state index contributed by atoms with van der Waals surface area (Å²) in [5.41, 5.74) is 1.57. The fourth-order valence-corrected chi connectivity index (χ4v) is 5.40. The maximum absolute atomic E-state index is 13.2. The molecule has 0 atom stereocenters. The van der Waals surface area contributed by atoms with Crippen LogP contribution in [-0.4, -0.2) is 43.8 Å². The van der Waals surface area contributed by atoms with Crippen LogP contribution in [-0.2, 0) is 10.0 Å². The van der Waals surface area contributed by atoms with Crippen LogP contribution in [0.5, 0.6) is 5.75 Å². The van der Waals surface area contributed by atoms with Gasteiger partial charge >= 0.3 is 0 Å². The molecule has 0 spiro atoms. The summed E-state index contributed by atoms with van der Waals surface area (Å²) in [7, 11) is -2.28. The molecule has 2 heterocycles. The van der Waals surface area contributed by atoms with Crippen LogP contribution < -0.4 is 10.1 Å². The van der Waals surface area contributed by atoms with Gasteiger partial charge in [-0.15, -0.1) is 0 Å². The SMILES string of the molecule is COc1ccc(NC(=O)c2cccc3ncccc23)cc1S(=O)(=O)N1CCCCC1. The van der Waals surface area contributed by atoms with Gasteiger partial charge in [-0.25, -0.2) is 8.42 Å². The Balaban J connectivity index is 1.67. The minimum atomic E-state index is -3.72. The van der Waals surface area contributed by atoms with E-state index in [0.29, 0.717) is 29.9 Å². The predicted molar refractivity (Wildman–Crippen MR) is 115 cm³/mol. The van der Waals surface area contributed by atoms with Gasteiger partial charge in [0.15, 0.2) is 0 Å². The Labute approximate surface area is 175 Å². The quantitative estimate of drug-likeness (QED) is 0.674. The van der Waals surface area contributed by atoms with Crippen LogP contribution in [0.2, 0.25) is 0 Å². The fraction of sp³-hybridized carbons (Fsp3) is 0.273. The van der Waals surface area contributed by atoms with E-state index in [0.717, 1.165) is 24.6 Å². The Bertz CT molecular complexity index is 1180. The van der Waals surface area contributed by atoms with Crippen LogP contribution in [0.1, 0.15) is 29.6 Å². The molecular weight excluding hydrogens is 402 g/mol. The third-order valence-corrected chi connectivity index (χ3v) is 7.16. The number of ether oxygens (including phenoxy) is 1. The number of fused-ring (bicyclic) bond motifs is 1. The topological polar surface area (TPSA) is 88.6 Å². The second-order valence-corrected chi connectivity index (χ2v) is 9.07. The summed E-state index contributed by atoms with van der Waals surface area (Å²) in [6.45, 7) is 0.982. The van der Waals surface area contributed by atoms with Crippen LogP contribution in [0, 0.1) is 0 Å². The van der Waals surface area contributed by atoms with Crippen molar-refractivity contribution >= 4 is 32.5 Å². The predicted octanol–water partition coefficient (Wildman–Crippen LogP) is 3.67. The highest BCUT2D eigenvalue weighted by molar-refractivity contribution is 7.89. The molecule has 2 aromatic carbocycles. The molecule has 1 aliphatic heterocycles. The zero-order valence-corrected chi connectivity index (χ0v) is 17.5. The molecular formula is C22H23N3O4S. The highest BCUT2D eigenvalue weighted by Gasteiger charge is 2.29. The molecule has 1 aliphatic rings. The van der Waals surface area contributed by atoms with Gasteiger partial charge in [-0.05, 0) is 49.2 Å². The molecule has 156 valence electrons. The minimum Gasteiger partial charge on any atom is -0.495 e. The van der Waals surface area contributed by atoms with E-state index in [9.17, 15) is 13.2 Å². The summed E-state index contributed by atoms with van der Waals surface area (Å²) in [5.74, 6) is -0.0759. The minimum absolute atomic E-state index is 0.0595. The van der Waals surface area contributed by atoms with Gasteiger partial charge in [-0.1, -0.05) is 18.6 Å². The summed E-state index contributed by atoms with van der Waals surface area (Å²) in [6.07, 6.45) is 4.38. The van der Waals surface area contributed by atoms with E-state index in [1.54, 1.807) is 36.5 Å². The number of anilines is 1. The highest BCUT2D eigenvalue weighted by Crippen LogP contribution is 2.31. The smallest absolute Gasteiger partial charge is 0.256 e. The van der Waals surface area contributed by atoms with E-state index < -0.39 is 10.0 Å². The zero-order valence-electron chi connectivity index (χ0n) is 16.7. The van der Waals surface area contributed by atoms with Gasteiger partial charge in [0.05, 0.1) is 12.6 Å². The van der Waals surface area contributed by atoms with E-state index in [4.69, 9.17) is 4.74 Å². The Morgan fingerprint density at radius 2 is 1.87 bits per heavy atom. The van der Waals surface area contributed by atoms with Crippen molar-refractivity contribution in [2.24, 2.45) is 0 Å². The average Bonchev–Trinajstić information content (AvgIpc) is 2.79. The lowest BCUT2D eigenvalue weighted by molar-refractivity contribution is 0.102. The lowest BCUT2D eigenvalue weighted by Gasteiger charge is -2.26. The lowest BCUT2D eigenvalue weighted by atomic mass is 10.1. The number of nitrogens with zero attached hydrogens (tertiary/aromatic N) is 2. The average molecular weight is 426 g/mol. The number of rotatable bonds is 5. The number of carbonyl (C=O) groups is 1. The molecule has 0 bridgehead atoms. The Hall–Kier alpha value is -2.97.